The lowest BCUT2D eigenvalue weighted by Gasteiger charge is -1.99. The number of thiol groups is 1. The molecule has 1 nitrogen and oxygen atoms in total. The van der Waals surface area contributed by atoms with Gasteiger partial charge in [-0.15, -0.1) is 0 Å². The van der Waals surface area contributed by atoms with Gasteiger partial charge in [0, 0.05) is 0 Å². The van der Waals surface area contributed by atoms with E-state index in [-0.39, 0.29) is 0 Å². The topological polar surface area (TPSA) is 12.0 Å². The molecule has 0 saturated carbocycles. The maximum absolute atomic E-state index is 4.17. The minimum absolute atomic E-state index is 1.05. The van der Waals surface area contributed by atoms with E-state index in [2.05, 4.69) is 17.9 Å². The maximum atomic E-state index is 4.17. The van der Waals surface area contributed by atoms with Crippen molar-refractivity contribution in [3.63, 3.8) is 0 Å². The molecule has 0 fully saturated rings. The van der Waals surface area contributed by atoms with Crippen LogP contribution in [0.25, 0.3) is 0 Å². The van der Waals surface area contributed by atoms with E-state index in [4.69, 9.17) is 0 Å². The molecule has 68 valence electrons. The summed E-state index contributed by atoms with van der Waals surface area (Å²) >= 11 is 4.17. The Hall–Kier alpha value is 0.310. The molecule has 11 heavy (non-hydrogen) atoms. The van der Waals surface area contributed by atoms with Gasteiger partial charge in [-0.1, -0.05) is 25.7 Å². The Balaban J connectivity index is 2.69. The predicted octanol–water partition coefficient (Wildman–Crippen LogP) is 2.48. The largest absolute Gasteiger partial charge is 0.320 e. The van der Waals surface area contributed by atoms with Crippen LogP contribution in [0.4, 0.5) is 0 Å². The van der Waals surface area contributed by atoms with Gasteiger partial charge in [0.15, 0.2) is 0 Å². The van der Waals surface area contributed by atoms with Crippen LogP contribution < -0.4 is 5.32 Å². The Kier molecular flexibility index (Phi) is 10.6. The van der Waals surface area contributed by atoms with Gasteiger partial charge in [0.1, 0.15) is 0 Å². The number of nitrogens with one attached hydrogen (secondary N) is 1. The van der Waals surface area contributed by atoms with Gasteiger partial charge in [-0.3, -0.25) is 0 Å². The van der Waals surface area contributed by atoms with Crippen molar-refractivity contribution < 1.29 is 0 Å². The summed E-state index contributed by atoms with van der Waals surface area (Å²) in [4.78, 5) is 0. The van der Waals surface area contributed by atoms with Crippen LogP contribution in [0, 0.1) is 0 Å². The van der Waals surface area contributed by atoms with Crippen LogP contribution in [0.15, 0.2) is 0 Å². The highest BCUT2D eigenvalue weighted by Crippen LogP contribution is 2.04. The molecule has 0 aliphatic rings. The van der Waals surface area contributed by atoms with Crippen LogP contribution in [0.2, 0.25) is 0 Å². The third kappa shape index (κ3) is 10.3. The second-order valence-corrected chi connectivity index (χ2v) is 3.40. The van der Waals surface area contributed by atoms with Crippen LogP contribution in [-0.4, -0.2) is 19.3 Å². The van der Waals surface area contributed by atoms with Crippen LogP contribution in [0.1, 0.15) is 38.5 Å². The summed E-state index contributed by atoms with van der Waals surface area (Å²) in [6.07, 6.45) is 8.16. The lowest BCUT2D eigenvalue weighted by Crippen LogP contribution is -2.06. The summed E-state index contributed by atoms with van der Waals surface area (Å²) in [5, 5.41) is 3.16. The highest BCUT2D eigenvalue weighted by molar-refractivity contribution is 7.80. The monoisotopic (exact) mass is 175 g/mol. The normalized spacial score (nSPS) is 10.4. The molecule has 0 rings (SSSR count). The molecular formula is C9H21NS. The second kappa shape index (κ2) is 10.3. The van der Waals surface area contributed by atoms with Crippen molar-refractivity contribution >= 4 is 12.6 Å². The molecule has 0 aliphatic heterocycles. The minimum Gasteiger partial charge on any atom is -0.320 e. The maximum Gasteiger partial charge on any atom is -0.00519 e. The van der Waals surface area contributed by atoms with Gasteiger partial charge < -0.3 is 5.32 Å². The van der Waals surface area contributed by atoms with Crippen molar-refractivity contribution in [2.24, 2.45) is 0 Å². The standard InChI is InChI=1S/C9H21NS/c1-10-8-6-4-2-3-5-7-9-11/h10-11H,2-9H2,1H3. The van der Waals surface area contributed by atoms with Crippen LogP contribution >= 0.6 is 12.6 Å². The Morgan fingerprint density at radius 2 is 1.45 bits per heavy atom. The van der Waals surface area contributed by atoms with Crippen molar-refractivity contribution in [1.29, 1.82) is 0 Å². The summed E-state index contributed by atoms with van der Waals surface area (Å²) in [6, 6.07) is 0. The molecule has 0 heterocycles. The van der Waals surface area contributed by atoms with E-state index >= 15 is 0 Å². The molecule has 0 unspecified atom stereocenters. The van der Waals surface area contributed by atoms with Gasteiger partial charge in [0.25, 0.3) is 0 Å². The predicted molar refractivity (Wildman–Crippen MR) is 55.5 cm³/mol. The first-order valence-electron chi connectivity index (χ1n) is 4.67. The first-order valence-corrected chi connectivity index (χ1v) is 5.30. The Morgan fingerprint density at radius 3 is 2.00 bits per heavy atom. The van der Waals surface area contributed by atoms with Crippen LogP contribution in [0.3, 0.4) is 0 Å². The summed E-state index contributed by atoms with van der Waals surface area (Å²) in [6.45, 7) is 1.17. The van der Waals surface area contributed by atoms with Crippen molar-refractivity contribution in [2.75, 3.05) is 19.3 Å². The molecule has 0 atom stereocenters. The van der Waals surface area contributed by atoms with E-state index in [1.54, 1.807) is 0 Å². The average molecular weight is 175 g/mol. The van der Waals surface area contributed by atoms with Crippen LogP contribution in [0.5, 0.6) is 0 Å². The zero-order valence-electron chi connectivity index (χ0n) is 7.60. The highest BCUT2D eigenvalue weighted by Gasteiger charge is 1.88. The first kappa shape index (κ1) is 11.3. The van der Waals surface area contributed by atoms with Gasteiger partial charge in [-0.2, -0.15) is 12.6 Å². The molecule has 1 N–H and O–H groups in total. The Labute approximate surface area is 76.4 Å². The summed E-state index contributed by atoms with van der Waals surface area (Å²) < 4.78 is 0. The molecule has 0 amide bonds. The molecule has 0 aromatic heterocycles. The fraction of sp³-hybridized carbons (Fsp3) is 1.00. The van der Waals surface area contributed by atoms with Gasteiger partial charge in [-0.05, 0) is 32.2 Å². The summed E-state index contributed by atoms with van der Waals surface area (Å²) in [5.74, 6) is 1.05. The molecule has 0 saturated heterocycles. The highest BCUT2D eigenvalue weighted by atomic mass is 32.1. The molecule has 2 heteroatoms. The smallest absolute Gasteiger partial charge is 0.00519 e. The molecule has 0 aromatic rings. The number of unbranched alkanes of at least 4 members (excludes halogenated alkanes) is 5. The van der Waals surface area contributed by atoms with E-state index in [1.807, 2.05) is 7.05 Å². The molecule has 0 bridgehead atoms. The summed E-state index contributed by atoms with van der Waals surface area (Å²) in [7, 11) is 2.01. The first-order chi connectivity index (χ1) is 5.41. The fourth-order valence-electron chi connectivity index (χ4n) is 1.12. The number of rotatable bonds is 8. The van der Waals surface area contributed by atoms with E-state index in [9.17, 15) is 0 Å². The van der Waals surface area contributed by atoms with Crippen molar-refractivity contribution in [3.8, 4) is 0 Å². The second-order valence-electron chi connectivity index (χ2n) is 2.95. The molecule has 0 aromatic carbocycles. The van der Waals surface area contributed by atoms with Crippen LogP contribution in [-0.2, 0) is 0 Å². The zero-order valence-corrected chi connectivity index (χ0v) is 8.50. The van der Waals surface area contributed by atoms with Crippen molar-refractivity contribution in [3.05, 3.63) is 0 Å². The molecule has 0 radical (unpaired) electrons. The summed E-state index contributed by atoms with van der Waals surface area (Å²) in [5.41, 5.74) is 0. The van der Waals surface area contributed by atoms with E-state index in [0.29, 0.717) is 0 Å². The molecule has 0 spiro atoms. The fourth-order valence-corrected chi connectivity index (χ4v) is 1.34. The lowest BCUT2D eigenvalue weighted by molar-refractivity contribution is 0.594. The lowest BCUT2D eigenvalue weighted by atomic mass is 10.1. The van der Waals surface area contributed by atoms with Crippen molar-refractivity contribution in [1.82, 2.24) is 5.32 Å². The Bertz CT molecular complexity index is 58.6. The van der Waals surface area contributed by atoms with Gasteiger partial charge >= 0.3 is 0 Å². The quantitative estimate of drug-likeness (QED) is 0.426. The number of hydrogen-bond donors (Lipinski definition) is 2. The van der Waals surface area contributed by atoms with E-state index in [0.717, 1.165) is 5.75 Å². The van der Waals surface area contributed by atoms with Crippen molar-refractivity contribution in [2.45, 2.75) is 38.5 Å². The third-order valence-electron chi connectivity index (χ3n) is 1.83. The van der Waals surface area contributed by atoms with E-state index < -0.39 is 0 Å². The minimum atomic E-state index is 1.05. The zero-order chi connectivity index (χ0) is 8.36. The number of hydrogen-bond acceptors (Lipinski definition) is 2. The third-order valence-corrected chi connectivity index (χ3v) is 2.15. The molecule has 0 aliphatic carbocycles. The van der Waals surface area contributed by atoms with Gasteiger partial charge in [-0.25, -0.2) is 0 Å². The Morgan fingerprint density at radius 1 is 0.909 bits per heavy atom. The van der Waals surface area contributed by atoms with Gasteiger partial charge in [0.05, 0.1) is 0 Å². The van der Waals surface area contributed by atoms with E-state index in [1.165, 1.54) is 45.1 Å². The SMILES string of the molecule is CNCCCCCCCCS. The van der Waals surface area contributed by atoms with Gasteiger partial charge in [0.2, 0.25) is 0 Å². The average Bonchev–Trinajstić information content (AvgIpc) is 2.03. The molecular weight excluding hydrogens is 154 g/mol.